The summed E-state index contributed by atoms with van der Waals surface area (Å²) in [6.45, 7) is -0.452. The summed E-state index contributed by atoms with van der Waals surface area (Å²) < 4.78 is 70.1. The van der Waals surface area contributed by atoms with E-state index in [1.165, 1.54) is 30.3 Å². The topological polar surface area (TPSA) is 105 Å². The van der Waals surface area contributed by atoms with Crippen molar-refractivity contribution < 1.29 is 36.2 Å². The molecule has 11 heteroatoms. The Hall–Kier alpha value is -2.79. The molecule has 0 aliphatic rings. The molecule has 1 amide bonds. The number of anilines is 1. The Morgan fingerprint density at radius 3 is 2.39 bits per heavy atom. The van der Waals surface area contributed by atoms with E-state index in [9.17, 15) is 26.4 Å². The minimum Gasteiger partial charge on any atom is -0.484 e. The maximum absolute atomic E-state index is 12.7. The molecule has 0 fully saturated rings. The van der Waals surface area contributed by atoms with Crippen LogP contribution in [0.3, 0.4) is 0 Å². The molecule has 0 atom stereocenters. The number of benzene rings is 2. The summed E-state index contributed by atoms with van der Waals surface area (Å²) in [7, 11) is -4.12. The number of rotatable bonds is 8. The van der Waals surface area contributed by atoms with Crippen molar-refractivity contribution in [2.75, 3.05) is 24.5 Å². The van der Waals surface area contributed by atoms with E-state index in [-0.39, 0.29) is 36.1 Å². The summed E-state index contributed by atoms with van der Waals surface area (Å²) in [6.07, 6.45) is -4.59. The highest BCUT2D eigenvalue weighted by Crippen LogP contribution is 2.31. The van der Waals surface area contributed by atoms with Gasteiger partial charge in [-0.2, -0.15) is 13.2 Å². The van der Waals surface area contributed by atoms with Gasteiger partial charge in [0.05, 0.1) is 17.1 Å². The van der Waals surface area contributed by atoms with Crippen LogP contribution in [0.4, 0.5) is 18.9 Å². The second-order valence-electron chi connectivity index (χ2n) is 5.52. The van der Waals surface area contributed by atoms with Gasteiger partial charge in [0.15, 0.2) is 6.61 Å². The normalized spacial score (nSPS) is 11.7. The Kier molecular flexibility index (Phi) is 6.86. The lowest BCUT2D eigenvalue weighted by atomic mass is 10.2. The number of ether oxygens (including phenoxy) is 1. The van der Waals surface area contributed by atoms with Crippen molar-refractivity contribution in [2.45, 2.75) is 11.1 Å². The summed E-state index contributed by atoms with van der Waals surface area (Å²) in [4.78, 5) is 11.2. The quantitative estimate of drug-likeness (QED) is 0.608. The Balaban J connectivity index is 2.05. The fourth-order valence-corrected chi connectivity index (χ4v) is 3.13. The lowest BCUT2D eigenvalue weighted by Gasteiger charge is -2.12. The minimum absolute atomic E-state index is 0.0839. The molecule has 2 rings (SSSR count). The maximum Gasteiger partial charge on any atom is 0.416 e. The number of alkyl halides is 3. The predicted molar refractivity (Wildman–Crippen MR) is 94.3 cm³/mol. The van der Waals surface area contributed by atoms with Crippen LogP contribution in [-0.2, 0) is 21.0 Å². The van der Waals surface area contributed by atoms with Crippen molar-refractivity contribution in [2.24, 2.45) is 0 Å². The number of aliphatic hydroxyl groups excluding tert-OH is 1. The van der Waals surface area contributed by atoms with Gasteiger partial charge in [0.25, 0.3) is 15.9 Å². The lowest BCUT2D eigenvalue weighted by molar-refractivity contribution is -0.137. The van der Waals surface area contributed by atoms with E-state index in [0.717, 1.165) is 12.1 Å². The average Bonchev–Trinajstić information content (AvgIpc) is 2.64. The first-order chi connectivity index (χ1) is 13.1. The number of carbonyl (C=O) groups is 1. The second-order valence-corrected chi connectivity index (χ2v) is 7.20. The summed E-state index contributed by atoms with van der Waals surface area (Å²) in [5.74, 6) is -0.242. The number of amides is 1. The summed E-state index contributed by atoms with van der Waals surface area (Å²) in [5.41, 5.74) is -1.20. The molecule has 2 aromatic rings. The van der Waals surface area contributed by atoms with Crippen molar-refractivity contribution in [3.05, 3.63) is 54.1 Å². The molecule has 3 N–H and O–H groups in total. The van der Waals surface area contributed by atoms with Crippen LogP contribution in [0.2, 0.25) is 0 Å². The predicted octanol–water partition coefficient (Wildman–Crippen LogP) is 1.99. The SMILES string of the molecule is O=C(COc1ccc(S(=O)(=O)Nc2cccc(C(F)(F)F)c2)cc1)NCCO. The summed E-state index contributed by atoms with van der Waals surface area (Å²) in [5, 5.41) is 11.0. The average molecular weight is 418 g/mol. The molecule has 0 aromatic heterocycles. The Morgan fingerprint density at radius 2 is 1.79 bits per heavy atom. The van der Waals surface area contributed by atoms with Crippen LogP contribution in [-0.4, -0.2) is 39.2 Å². The second kappa shape index (κ2) is 8.93. The number of nitrogens with one attached hydrogen (secondary N) is 2. The Bertz CT molecular complexity index is 915. The molecule has 7 nitrogen and oxygen atoms in total. The van der Waals surface area contributed by atoms with E-state index in [4.69, 9.17) is 9.84 Å². The zero-order valence-electron chi connectivity index (χ0n) is 14.4. The fourth-order valence-electron chi connectivity index (χ4n) is 2.08. The third kappa shape index (κ3) is 6.13. The van der Waals surface area contributed by atoms with Gasteiger partial charge in [-0.15, -0.1) is 0 Å². The summed E-state index contributed by atoms with van der Waals surface area (Å²) >= 11 is 0. The molecular weight excluding hydrogens is 401 g/mol. The van der Waals surface area contributed by atoms with Crippen LogP contribution >= 0.6 is 0 Å². The molecule has 0 saturated heterocycles. The molecule has 152 valence electrons. The third-order valence-corrected chi connectivity index (χ3v) is 4.78. The van der Waals surface area contributed by atoms with Crippen LogP contribution in [0.15, 0.2) is 53.4 Å². The van der Waals surface area contributed by atoms with E-state index in [1.54, 1.807) is 0 Å². The number of halogens is 3. The largest absolute Gasteiger partial charge is 0.484 e. The Labute approximate surface area is 159 Å². The molecule has 0 aliphatic heterocycles. The Morgan fingerprint density at radius 1 is 1.11 bits per heavy atom. The van der Waals surface area contributed by atoms with Crippen molar-refractivity contribution in [1.82, 2.24) is 5.32 Å². The summed E-state index contributed by atoms with van der Waals surface area (Å²) in [6, 6.07) is 8.82. The molecule has 2 aromatic carbocycles. The van der Waals surface area contributed by atoms with Crippen LogP contribution < -0.4 is 14.8 Å². The van der Waals surface area contributed by atoms with Gasteiger partial charge in [-0.3, -0.25) is 9.52 Å². The number of hydrogen-bond donors (Lipinski definition) is 3. The molecule has 0 unspecified atom stereocenters. The van der Waals surface area contributed by atoms with Crippen molar-refractivity contribution >= 4 is 21.6 Å². The van der Waals surface area contributed by atoms with Crippen LogP contribution in [0.25, 0.3) is 0 Å². The van der Waals surface area contributed by atoms with Gasteiger partial charge in [0.1, 0.15) is 5.75 Å². The van der Waals surface area contributed by atoms with Crippen LogP contribution in [0, 0.1) is 0 Å². The van der Waals surface area contributed by atoms with E-state index in [1.807, 2.05) is 0 Å². The molecule has 28 heavy (non-hydrogen) atoms. The van der Waals surface area contributed by atoms with E-state index < -0.39 is 27.7 Å². The highest BCUT2D eigenvalue weighted by atomic mass is 32.2. The molecular formula is C17H17F3N2O5S. The van der Waals surface area contributed by atoms with Crippen LogP contribution in [0.5, 0.6) is 5.75 Å². The molecule has 0 spiro atoms. The highest BCUT2D eigenvalue weighted by molar-refractivity contribution is 7.92. The van der Waals surface area contributed by atoms with Crippen LogP contribution in [0.1, 0.15) is 5.56 Å². The first-order valence-corrected chi connectivity index (χ1v) is 9.40. The monoisotopic (exact) mass is 418 g/mol. The number of hydrogen-bond acceptors (Lipinski definition) is 5. The van der Waals surface area contributed by atoms with E-state index in [2.05, 4.69) is 10.0 Å². The van der Waals surface area contributed by atoms with Gasteiger partial charge in [-0.05, 0) is 42.5 Å². The number of aliphatic hydroxyl groups is 1. The standard InChI is InChI=1S/C17H17F3N2O5S/c18-17(19,20)12-2-1-3-13(10-12)22-28(25,26)15-6-4-14(5-7-15)27-11-16(24)21-8-9-23/h1-7,10,22-23H,8-9,11H2,(H,21,24). The maximum atomic E-state index is 12.7. The van der Waals surface area contributed by atoms with Gasteiger partial charge >= 0.3 is 6.18 Å². The third-order valence-electron chi connectivity index (χ3n) is 3.38. The van der Waals surface area contributed by atoms with E-state index >= 15 is 0 Å². The zero-order chi connectivity index (χ0) is 20.8. The number of carbonyl (C=O) groups excluding carboxylic acids is 1. The molecule has 0 bridgehead atoms. The molecule has 0 heterocycles. The molecule has 0 saturated carbocycles. The minimum atomic E-state index is -4.59. The van der Waals surface area contributed by atoms with Gasteiger partial charge in [-0.25, -0.2) is 8.42 Å². The van der Waals surface area contributed by atoms with Gasteiger partial charge in [0.2, 0.25) is 0 Å². The van der Waals surface area contributed by atoms with Crippen molar-refractivity contribution in [1.29, 1.82) is 0 Å². The lowest BCUT2D eigenvalue weighted by Crippen LogP contribution is -2.31. The van der Waals surface area contributed by atoms with E-state index in [0.29, 0.717) is 6.07 Å². The highest BCUT2D eigenvalue weighted by Gasteiger charge is 2.30. The van der Waals surface area contributed by atoms with Gasteiger partial charge in [-0.1, -0.05) is 6.07 Å². The first-order valence-electron chi connectivity index (χ1n) is 7.92. The van der Waals surface area contributed by atoms with Crippen molar-refractivity contribution in [3.63, 3.8) is 0 Å². The van der Waals surface area contributed by atoms with Gasteiger partial charge < -0.3 is 15.2 Å². The van der Waals surface area contributed by atoms with Gasteiger partial charge in [0, 0.05) is 12.2 Å². The first kappa shape index (κ1) is 21.5. The molecule has 0 aliphatic carbocycles. The van der Waals surface area contributed by atoms with Crippen molar-refractivity contribution in [3.8, 4) is 5.75 Å². The fraction of sp³-hybridized carbons (Fsp3) is 0.235. The smallest absolute Gasteiger partial charge is 0.416 e. The zero-order valence-corrected chi connectivity index (χ0v) is 15.2. The number of sulfonamides is 1. The molecule has 0 radical (unpaired) electrons.